The van der Waals surface area contributed by atoms with Crippen molar-refractivity contribution < 1.29 is 4.79 Å². The van der Waals surface area contributed by atoms with E-state index in [1.807, 2.05) is 12.3 Å². The topological polar surface area (TPSA) is 68.0 Å². The molecule has 1 amide bonds. The minimum absolute atomic E-state index is 0.289. The molecule has 2 unspecified atom stereocenters. The van der Waals surface area contributed by atoms with E-state index in [1.54, 1.807) is 29.3 Å². The number of hydrogen-bond acceptors (Lipinski definition) is 5. The van der Waals surface area contributed by atoms with Crippen LogP contribution in [-0.2, 0) is 4.79 Å². The van der Waals surface area contributed by atoms with Crippen molar-refractivity contribution in [1.82, 2.24) is 10.3 Å². The van der Waals surface area contributed by atoms with Gasteiger partial charge in [0.1, 0.15) is 4.34 Å². The standard InChI is InChI=1S/C12H21N3OS2/c1-4-5-15-12(3,10(13)16)8-9(2)18-11-14-6-7-17-11/h6-7,9,15H,4-5,8H2,1-3H3,(H2,13,16). The fraction of sp³-hybridized carbons (Fsp3) is 0.667. The summed E-state index contributed by atoms with van der Waals surface area (Å²) in [7, 11) is 0. The van der Waals surface area contributed by atoms with Gasteiger partial charge in [-0.1, -0.05) is 25.6 Å². The second-order valence-corrected chi connectivity index (χ2v) is 7.13. The minimum Gasteiger partial charge on any atom is -0.368 e. The van der Waals surface area contributed by atoms with E-state index in [0.717, 1.165) is 17.3 Å². The lowest BCUT2D eigenvalue weighted by Crippen LogP contribution is -2.54. The molecule has 3 N–H and O–H groups in total. The predicted molar refractivity (Wildman–Crippen MR) is 77.9 cm³/mol. The zero-order valence-electron chi connectivity index (χ0n) is 11.1. The quantitative estimate of drug-likeness (QED) is 0.720. The molecule has 1 rings (SSSR count). The first-order valence-electron chi connectivity index (χ1n) is 6.09. The lowest BCUT2D eigenvalue weighted by molar-refractivity contribution is -0.124. The normalized spacial score (nSPS) is 16.2. The highest BCUT2D eigenvalue weighted by Gasteiger charge is 2.32. The fourth-order valence-electron chi connectivity index (χ4n) is 1.72. The number of nitrogens with zero attached hydrogens (tertiary/aromatic N) is 1. The van der Waals surface area contributed by atoms with Gasteiger partial charge < -0.3 is 11.1 Å². The van der Waals surface area contributed by atoms with Crippen LogP contribution in [0.5, 0.6) is 0 Å². The van der Waals surface area contributed by atoms with Crippen molar-refractivity contribution in [3.63, 3.8) is 0 Å². The minimum atomic E-state index is -0.639. The molecule has 0 fully saturated rings. The summed E-state index contributed by atoms with van der Waals surface area (Å²) >= 11 is 3.31. The number of carbonyl (C=O) groups is 1. The number of thiazole rings is 1. The maximum Gasteiger partial charge on any atom is 0.237 e. The van der Waals surface area contributed by atoms with E-state index < -0.39 is 5.54 Å². The molecule has 0 aromatic carbocycles. The Hall–Kier alpha value is -0.590. The van der Waals surface area contributed by atoms with Crippen LogP contribution in [-0.4, -0.2) is 28.2 Å². The summed E-state index contributed by atoms with van der Waals surface area (Å²) in [6, 6.07) is 0. The number of rotatable bonds is 8. The number of carbonyl (C=O) groups excluding carboxylic acids is 1. The number of aromatic nitrogens is 1. The van der Waals surface area contributed by atoms with Gasteiger partial charge in [0, 0.05) is 16.8 Å². The van der Waals surface area contributed by atoms with Crippen LogP contribution in [0.1, 0.15) is 33.6 Å². The van der Waals surface area contributed by atoms with Crippen LogP contribution in [0.25, 0.3) is 0 Å². The smallest absolute Gasteiger partial charge is 0.237 e. The second-order valence-electron chi connectivity index (χ2n) is 4.55. The molecule has 102 valence electrons. The Kier molecular flexibility index (Phi) is 6.11. The SMILES string of the molecule is CCCNC(C)(CC(C)Sc1nccs1)C(N)=O. The van der Waals surface area contributed by atoms with Gasteiger partial charge in [0.25, 0.3) is 0 Å². The molecule has 2 atom stereocenters. The molecule has 4 nitrogen and oxygen atoms in total. The molecule has 6 heteroatoms. The molecule has 0 aliphatic heterocycles. The third-order valence-corrected chi connectivity index (χ3v) is 4.73. The Bertz CT molecular complexity index is 369. The average molecular weight is 287 g/mol. The van der Waals surface area contributed by atoms with Gasteiger partial charge in [0.15, 0.2) is 0 Å². The molecule has 0 aliphatic carbocycles. The Morgan fingerprint density at radius 2 is 2.44 bits per heavy atom. The summed E-state index contributed by atoms with van der Waals surface area (Å²) in [5.41, 5.74) is 4.87. The summed E-state index contributed by atoms with van der Waals surface area (Å²) in [6.45, 7) is 6.85. The average Bonchev–Trinajstić information content (AvgIpc) is 2.78. The van der Waals surface area contributed by atoms with Crippen molar-refractivity contribution in [2.24, 2.45) is 5.73 Å². The molecule has 1 heterocycles. The van der Waals surface area contributed by atoms with Crippen molar-refractivity contribution in [3.05, 3.63) is 11.6 Å². The number of nitrogens with two attached hydrogens (primary N) is 1. The van der Waals surface area contributed by atoms with Crippen LogP contribution in [0.15, 0.2) is 15.9 Å². The van der Waals surface area contributed by atoms with Gasteiger partial charge in [-0.3, -0.25) is 4.79 Å². The number of primary amides is 1. The van der Waals surface area contributed by atoms with E-state index in [9.17, 15) is 4.79 Å². The van der Waals surface area contributed by atoms with E-state index in [2.05, 4.69) is 24.1 Å². The van der Waals surface area contributed by atoms with Gasteiger partial charge >= 0.3 is 0 Å². The van der Waals surface area contributed by atoms with Crippen LogP contribution < -0.4 is 11.1 Å². The molecule has 0 saturated carbocycles. The van der Waals surface area contributed by atoms with Crippen molar-refractivity contribution in [2.45, 2.75) is 48.7 Å². The highest BCUT2D eigenvalue weighted by molar-refractivity contribution is 8.01. The van der Waals surface area contributed by atoms with Crippen LogP contribution in [0.3, 0.4) is 0 Å². The van der Waals surface area contributed by atoms with Gasteiger partial charge in [0.05, 0.1) is 5.54 Å². The highest BCUT2D eigenvalue weighted by Crippen LogP contribution is 2.29. The van der Waals surface area contributed by atoms with Crippen molar-refractivity contribution in [3.8, 4) is 0 Å². The molecule has 0 radical (unpaired) electrons. The number of thioether (sulfide) groups is 1. The Labute approximate surface area is 117 Å². The molecule has 1 aromatic heterocycles. The first-order chi connectivity index (χ1) is 8.48. The van der Waals surface area contributed by atoms with Crippen LogP contribution in [0, 0.1) is 0 Å². The summed E-state index contributed by atoms with van der Waals surface area (Å²) in [6.07, 6.45) is 3.48. The largest absolute Gasteiger partial charge is 0.368 e. The maximum absolute atomic E-state index is 11.6. The summed E-state index contributed by atoms with van der Waals surface area (Å²) in [5.74, 6) is -0.289. The summed E-state index contributed by atoms with van der Waals surface area (Å²) < 4.78 is 1.03. The first-order valence-corrected chi connectivity index (χ1v) is 7.85. The molecule has 0 aliphatic rings. The monoisotopic (exact) mass is 287 g/mol. The van der Waals surface area contributed by atoms with Crippen LogP contribution in [0.4, 0.5) is 0 Å². The zero-order valence-corrected chi connectivity index (χ0v) is 12.7. The molecular weight excluding hydrogens is 266 g/mol. The fourth-order valence-corrected chi connectivity index (χ4v) is 3.84. The molecule has 18 heavy (non-hydrogen) atoms. The molecular formula is C12H21N3OS2. The van der Waals surface area contributed by atoms with Gasteiger partial charge in [-0.05, 0) is 26.3 Å². The first kappa shape index (κ1) is 15.5. The molecule has 0 bridgehead atoms. The van der Waals surface area contributed by atoms with Crippen molar-refractivity contribution in [1.29, 1.82) is 0 Å². The molecule has 1 aromatic rings. The number of nitrogens with one attached hydrogen (secondary N) is 1. The van der Waals surface area contributed by atoms with E-state index in [4.69, 9.17) is 5.73 Å². The Balaban J connectivity index is 2.57. The third kappa shape index (κ3) is 4.59. The molecule has 0 spiro atoms. The van der Waals surface area contributed by atoms with Gasteiger partial charge in [-0.2, -0.15) is 0 Å². The van der Waals surface area contributed by atoms with Crippen molar-refractivity contribution >= 4 is 29.0 Å². The van der Waals surface area contributed by atoms with E-state index >= 15 is 0 Å². The lowest BCUT2D eigenvalue weighted by atomic mass is 9.95. The lowest BCUT2D eigenvalue weighted by Gasteiger charge is -2.29. The van der Waals surface area contributed by atoms with Gasteiger partial charge in [0.2, 0.25) is 5.91 Å². The zero-order chi connectivity index (χ0) is 13.6. The molecule has 0 saturated heterocycles. The number of amides is 1. The second kappa shape index (κ2) is 7.11. The number of hydrogen-bond donors (Lipinski definition) is 2. The van der Waals surface area contributed by atoms with E-state index in [0.29, 0.717) is 6.42 Å². The van der Waals surface area contributed by atoms with Crippen molar-refractivity contribution in [2.75, 3.05) is 6.54 Å². The summed E-state index contributed by atoms with van der Waals surface area (Å²) in [5, 5.41) is 5.50. The summed E-state index contributed by atoms with van der Waals surface area (Å²) in [4.78, 5) is 15.8. The van der Waals surface area contributed by atoms with Crippen LogP contribution in [0.2, 0.25) is 0 Å². The third-order valence-electron chi connectivity index (χ3n) is 2.72. The highest BCUT2D eigenvalue weighted by atomic mass is 32.2. The van der Waals surface area contributed by atoms with Gasteiger partial charge in [-0.15, -0.1) is 11.3 Å². The Morgan fingerprint density at radius 1 is 1.72 bits per heavy atom. The predicted octanol–water partition coefficient (Wildman–Crippen LogP) is 2.26. The maximum atomic E-state index is 11.6. The van der Waals surface area contributed by atoms with E-state index in [-0.39, 0.29) is 11.2 Å². The van der Waals surface area contributed by atoms with Crippen LogP contribution >= 0.6 is 23.1 Å². The van der Waals surface area contributed by atoms with Gasteiger partial charge in [-0.25, -0.2) is 4.98 Å². The Morgan fingerprint density at radius 3 is 2.94 bits per heavy atom. The van der Waals surface area contributed by atoms with E-state index in [1.165, 1.54) is 0 Å².